The molecule has 0 radical (unpaired) electrons. The zero-order valence-electron chi connectivity index (χ0n) is 12.1. The number of aryl methyl sites for hydroxylation is 1. The van der Waals surface area contributed by atoms with Crippen LogP contribution in [-0.2, 0) is 10.0 Å². The van der Waals surface area contributed by atoms with Crippen LogP contribution in [0.25, 0.3) is 0 Å². The zero-order chi connectivity index (χ0) is 14.9. The topological polar surface area (TPSA) is 40.6 Å². The molecule has 1 aromatic rings. The van der Waals surface area contributed by atoms with E-state index in [-0.39, 0.29) is 0 Å². The predicted molar refractivity (Wildman–Crippen MR) is 86.8 cm³/mol. The molecule has 4 nitrogen and oxygen atoms in total. The number of piperazine rings is 1. The van der Waals surface area contributed by atoms with Crippen molar-refractivity contribution in [2.24, 2.45) is 0 Å². The van der Waals surface area contributed by atoms with Crippen LogP contribution in [0.15, 0.2) is 14.1 Å². The SMILES string of the molecule is CCC(C)N1CCN(S(=O)(=O)c2cc(C)c(Br)s2)CC1. The van der Waals surface area contributed by atoms with Crippen molar-refractivity contribution in [1.29, 1.82) is 0 Å². The van der Waals surface area contributed by atoms with Gasteiger partial charge in [0.05, 0.1) is 3.79 Å². The highest BCUT2D eigenvalue weighted by molar-refractivity contribution is 9.11. The molecule has 1 aliphatic heterocycles. The van der Waals surface area contributed by atoms with Crippen LogP contribution in [0.5, 0.6) is 0 Å². The summed E-state index contributed by atoms with van der Waals surface area (Å²) in [6.07, 6.45) is 1.10. The van der Waals surface area contributed by atoms with Crippen LogP contribution in [0.1, 0.15) is 25.8 Å². The van der Waals surface area contributed by atoms with Gasteiger partial charge in [-0.1, -0.05) is 6.92 Å². The van der Waals surface area contributed by atoms with Gasteiger partial charge >= 0.3 is 0 Å². The number of halogens is 1. The van der Waals surface area contributed by atoms with E-state index < -0.39 is 10.0 Å². The summed E-state index contributed by atoms with van der Waals surface area (Å²) in [5.41, 5.74) is 0.979. The normalized spacial score (nSPS) is 20.2. The second-order valence-electron chi connectivity index (χ2n) is 5.22. The molecule has 0 N–H and O–H groups in total. The smallest absolute Gasteiger partial charge is 0.252 e. The standard InChI is InChI=1S/C13H21BrN2O2S2/c1-4-11(3)15-5-7-16(8-6-15)20(17,18)12-9-10(2)13(14)19-12/h9,11H,4-8H2,1-3H3. The van der Waals surface area contributed by atoms with Gasteiger partial charge in [0.15, 0.2) is 0 Å². The molecule has 0 saturated carbocycles. The van der Waals surface area contributed by atoms with Gasteiger partial charge in [-0.3, -0.25) is 4.90 Å². The third-order valence-corrected chi connectivity index (χ3v) is 8.40. The maximum atomic E-state index is 12.6. The Balaban J connectivity index is 2.09. The van der Waals surface area contributed by atoms with Gasteiger partial charge in [-0.05, 0) is 47.8 Å². The van der Waals surface area contributed by atoms with E-state index in [1.54, 1.807) is 10.4 Å². The minimum atomic E-state index is -3.32. The molecule has 0 amide bonds. The van der Waals surface area contributed by atoms with Crippen molar-refractivity contribution in [3.05, 3.63) is 15.4 Å². The van der Waals surface area contributed by atoms with Crippen molar-refractivity contribution in [3.8, 4) is 0 Å². The van der Waals surface area contributed by atoms with Crippen LogP contribution in [0.2, 0.25) is 0 Å². The minimum absolute atomic E-state index is 0.443. The first kappa shape index (κ1) is 16.4. The van der Waals surface area contributed by atoms with Gasteiger partial charge in [0.25, 0.3) is 10.0 Å². The lowest BCUT2D eigenvalue weighted by atomic mass is 10.2. The summed E-state index contributed by atoms with van der Waals surface area (Å²) in [5.74, 6) is 0. The minimum Gasteiger partial charge on any atom is -0.298 e. The largest absolute Gasteiger partial charge is 0.298 e. The molecule has 2 rings (SSSR count). The summed E-state index contributed by atoms with van der Waals surface area (Å²) in [6.45, 7) is 9.09. The second-order valence-corrected chi connectivity index (χ2v) is 9.75. The number of sulfonamides is 1. The number of hydrogen-bond acceptors (Lipinski definition) is 4. The maximum absolute atomic E-state index is 12.6. The molecule has 0 aliphatic carbocycles. The number of thiophene rings is 1. The van der Waals surface area contributed by atoms with Crippen LogP contribution >= 0.6 is 27.3 Å². The summed E-state index contributed by atoms with van der Waals surface area (Å²) in [6, 6.07) is 2.28. The van der Waals surface area contributed by atoms with E-state index in [9.17, 15) is 8.42 Å². The third-order valence-electron chi connectivity index (χ3n) is 3.92. The summed E-state index contributed by atoms with van der Waals surface area (Å²) in [7, 11) is -3.32. The fourth-order valence-corrected chi connectivity index (χ4v) is 6.13. The molecular weight excluding hydrogens is 360 g/mol. The number of nitrogens with zero attached hydrogens (tertiary/aromatic N) is 2. The Morgan fingerprint density at radius 2 is 1.95 bits per heavy atom. The lowest BCUT2D eigenvalue weighted by Crippen LogP contribution is -2.50. The van der Waals surface area contributed by atoms with Crippen LogP contribution in [0, 0.1) is 6.92 Å². The first-order valence-corrected chi connectivity index (χ1v) is 9.91. The van der Waals surface area contributed by atoms with Gasteiger partial charge < -0.3 is 0 Å². The third kappa shape index (κ3) is 3.27. The molecule has 1 unspecified atom stereocenters. The molecule has 1 aromatic heterocycles. The van der Waals surface area contributed by atoms with Crippen LogP contribution < -0.4 is 0 Å². The predicted octanol–water partition coefficient (Wildman–Crippen LogP) is 2.92. The Labute approximate surface area is 133 Å². The molecular formula is C13H21BrN2O2S2. The fraction of sp³-hybridized carbons (Fsp3) is 0.692. The highest BCUT2D eigenvalue weighted by atomic mass is 79.9. The maximum Gasteiger partial charge on any atom is 0.252 e. The molecule has 2 heterocycles. The van der Waals surface area contributed by atoms with Crippen molar-refractivity contribution in [1.82, 2.24) is 9.21 Å². The Morgan fingerprint density at radius 1 is 1.35 bits per heavy atom. The van der Waals surface area contributed by atoms with Gasteiger partial charge in [0.1, 0.15) is 4.21 Å². The number of rotatable bonds is 4. The second kappa shape index (κ2) is 6.44. The van der Waals surface area contributed by atoms with Crippen LogP contribution in [0.3, 0.4) is 0 Å². The summed E-state index contributed by atoms with van der Waals surface area (Å²) < 4.78 is 28.1. The molecule has 7 heteroatoms. The van der Waals surface area contributed by atoms with Gasteiger partial charge in [0.2, 0.25) is 0 Å². The van der Waals surface area contributed by atoms with E-state index in [0.29, 0.717) is 23.3 Å². The molecule has 0 bridgehead atoms. The Kier molecular flexibility index (Phi) is 5.29. The Hall–Kier alpha value is 0.0500. The van der Waals surface area contributed by atoms with Gasteiger partial charge in [0, 0.05) is 32.2 Å². The lowest BCUT2D eigenvalue weighted by Gasteiger charge is -2.36. The molecule has 1 fully saturated rings. The van der Waals surface area contributed by atoms with E-state index in [0.717, 1.165) is 28.9 Å². The average Bonchev–Trinajstić information content (AvgIpc) is 2.78. The highest BCUT2D eigenvalue weighted by Gasteiger charge is 2.31. The van der Waals surface area contributed by atoms with E-state index in [1.807, 2.05) is 6.92 Å². The summed E-state index contributed by atoms with van der Waals surface area (Å²) >= 11 is 4.70. The molecule has 114 valence electrons. The number of hydrogen-bond donors (Lipinski definition) is 0. The quantitative estimate of drug-likeness (QED) is 0.805. The Morgan fingerprint density at radius 3 is 2.40 bits per heavy atom. The van der Waals surface area contributed by atoms with E-state index in [2.05, 4.69) is 34.7 Å². The van der Waals surface area contributed by atoms with Crippen molar-refractivity contribution in [2.45, 2.75) is 37.4 Å². The molecule has 0 spiro atoms. The fourth-order valence-electron chi connectivity index (χ4n) is 2.33. The lowest BCUT2D eigenvalue weighted by molar-refractivity contribution is 0.143. The van der Waals surface area contributed by atoms with Crippen LogP contribution in [-0.4, -0.2) is 49.8 Å². The van der Waals surface area contributed by atoms with Crippen molar-refractivity contribution < 1.29 is 8.42 Å². The zero-order valence-corrected chi connectivity index (χ0v) is 15.3. The van der Waals surface area contributed by atoms with Gasteiger partial charge in [-0.2, -0.15) is 4.31 Å². The monoisotopic (exact) mass is 380 g/mol. The molecule has 1 atom stereocenters. The molecule has 1 aliphatic rings. The van der Waals surface area contributed by atoms with E-state index >= 15 is 0 Å². The molecule has 0 aromatic carbocycles. The first-order valence-electron chi connectivity index (χ1n) is 6.86. The average molecular weight is 381 g/mol. The first-order chi connectivity index (χ1) is 9.36. The van der Waals surface area contributed by atoms with Gasteiger partial charge in [-0.15, -0.1) is 11.3 Å². The van der Waals surface area contributed by atoms with Crippen LogP contribution in [0.4, 0.5) is 0 Å². The van der Waals surface area contributed by atoms with E-state index in [4.69, 9.17) is 0 Å². The van der Waals surface area contributed by atoms with E-state index in [1.165, 1.54) is 11.3 Å². The summed E-state index contributed by atoms with van der Waals surface area (Å²) in [4.78, 5) is 2.36. The van der Waals surface area contributed by atoms with Crippen molar-refractivity contribution in [3.63, 3.8) is 0 Å². The molecule has 20 heavy (non-hydrogen) atoms. The van der Waals surface area contributed by atoms with Crippen molar-refractivity contribution in [2.75, 3.05) is 26.2 Å². The highest BCUT2D eigenvalue weighted by Crippen LogP contribution is 2.32. The van der Waals surface area contributed by atoms with Crippen molar-refractivity contribution >= 4 is 37.3 Å². The Bertz CT molecular complexity index is 543. The summed E-state index contributed by atoms with van der Waals surface area (Å²) in [5, 5.41) is 0. The molecule has 1 saturated heterocycles. The van der Waals surface area contributed by atoms with Gasteiger partial charge in [-0.25, -0.2) is 8.42 Å².